The third kappa shape index (κ3) is 4.05. The number of benzene rings is 4. The lowest BCUT2D eigenvalue weighted by Gasteiger charge is -2.37. The Hall–Kier alpha value is -5.22. The van der Waals surface area contributed by atoms with Crippen LogP contribution in [-0.4, -0.2) is 20.3 Å². The molecule has 0 N–H and O–H groups in total. The van der Waals surface area contributed by atoms with Crippen molar-refractivity contribution in [1.29, 1.82) is 0 Å². The normalized spacial score (nSPS) is 21.0. The standard InChI is InChI=1S/C40H34N2O2/c1-40-26-29(13-23-39(40)42(38-11-7-6-10-36(38)40)31-16-20-34(44-3)21-17-31)27-12-22-37-35(25-27)28-8-4-5-9-32(24-28)41(37)30-14-18-33(43-2)19-15-30/h4-25,32H,26H2,1-3H3. The molecule has 4 aliphatic rings. The van der Waals surface area contributed by atoms with Gasteiger partial charge in [0.05, 0.1) is 20.3 Å². The Morgan fingerprint density at radius 1 is 0.750 bits per heavy atom. The van der Waals surface area contributed by atoms with Crippen LogP contribution in [-0.2, 0) is 5.41 Å². The van der Waals surface area contributed by atoms with Crippen LogP contribution >= 0.6 is 0 Å². The molecule has 216 valence electrons. The number of ether oxygens (including phenoxy) is 2. The summed E-state index contributed by atoms with van der Waals surface area (Å²) >= 11 is 0. The van der Waals surface area contributed by atoms with Gasteiger partial charge in [-0.25, -0.2) is 0 Å². The van der Waals surface area contributed by atoms with Gasteiger partial charge in [-0.3, -0.25) is 0 Å². The molecule has 2 atom stereocenters. The van der Waals surface area contributed by atoms with Crippen molar-refractivity contribution >= 4 is 33.9 Å². The van der Waals surface area contributed by atoms with Crippen molar-refractivity contribution in [2.24, 2.45) is 0 Å². The average Bonchev–Trinajstić information content (AvgIpc) is 3.17. The molecule has 4 nitrogen and oxygen atoms in total. The Morgan fingerprint density at radius 3 is 2.23 bits per heavy atom. The Morgan fingerprint density at radius 2 is 1.48 bits per heavy atom. The van der Waals surface area contributed by atoms with Crippen LogP contribution in [0.2, 0.25) is 0 Å². The van der Waals surface area contributed by atoms with Crippen LogP contribution in [0.5, 0.6) is 11.5 Å². The topological polar surface area (TPSA) is 24.9 Å². The molecular weight excluding hydrogens is 540 g/mol. The predicted octanol–water partition coefficient (Wildman–Crippen LogP) is 9.51. The molecule has 0 radical (unpaired) electrons. The molecule has 2 unspecified atom stereocenters. The molecule has 4 aromatic carbocycles. The van der Waals surface area contributed by atoms with Crippen LogP contribution in [0.15, 0.2) is 139 Å². The van der Waals surface area contributed by atoms with Crippen molar-refractivity contribution in [3.8, 4) is 11.5 Å². The zero-order valence-corrected chi connectivity index (χ0v) is 25.2. The second-order valence-electron chi connectivity index (χ2n) is 12.0. The summed E-state index contributed by atoms with van der Waals surface area (Å²) in [5.74, 6) is 1.72. The van der Waals surface area contributed by atoms with E-state index in [1.54, 1.807) is 14.2 Å². The SMILES string of the molecule is COc1ccc(N2C3=CC=C(c4ccc5c(c4)C4=CC(C=CC=C4)N5c4ccc(OC)cc4)CC3(C)c3ccccc32)cc1. The van der Waals surface area contributed by atoms with Gasteiger partial charge in [-0.1, -0.05) is 54.6 Å². The summed E-state index contributed by atoms with van der Waals surface area (Å²) < 4.78 is 10.9. The lowest BCUT2D eigenvalue weighted by Crippen LogP contribution is -2.31. The molecule has 0 amide bonds. The maximum atomic E-state index is 5.44. The quantitative estimate of drug-likeness (QED) is 0.237. The van der Waals surface area contributed by atoms with Crippen LogP contribution in [0, 0.1) is 0 Å². The molecule has 2 bridgehead atoms. The fourth-order valence-corrected chi connectivity index (χ4v) is 7.29. The van der Waals surface area contributed by atoms with Gasteiger partial charge in [0, 0.05) is 39.4 Å². The van der Waals surface area contributed by atoms with E-state index in [-0.39, 0.29) is 11.5 Å². The summed E-state index contributed by atoms with van der Waals surface area (Å²) in [7, 11) is 3.42. The van der Waals surface area contributed by atoms with E-state index < -0.39 is 0 Å². The first kappa shape index (κ1) is 26.4. The second kappa shape index (κ2) is 10.2. The lowest BCUT2D eigenvalue weighted by molar-refractivity contribution is 0.414. The van der Waals surface area contributed by atoms with E-state index in [2.05, 4.69) is 126 Å². The first-order chi connectivity index (χ1) is 21.6. The Bertz CT molecular complexity index is 1930. The summed E-state index contributed by atoms with van der Waals surface area (Å²) in [5.41, 5.74) is 12.4. The number of rotatable bonds is 5. The van der Waals surface area contributed by atoms with E-state index in [0.717, 1.165) is 29.3 Å². The molecular formula is C40H34N2O2. The van der Waals surface area contributed by atoms with E-state index in [1.165, 1.54) is 44.9 Å². The number of methoxy groups -OCH3 is 2. The highest BCUT2D eigenvalue weighted by Crippen LogP contribution is 2.56. The van der Waals surface area contributed by atoms with Gasteiger partial charge < -0.3 is 19.3 Å². The number of nitrogens with zero attached hydrogens (tertiary/aromatic N) is 2. The van der Waals surface area contributed by atoms with Crippen molar-refractivity contribution in [2.45, 2.75) is 24.8 Å². The van der Waals surface area contributed by atoms with Gasteiger partial charge in [-0.05, 0) is 114 Å². The fourth-order valence-electron chi connectivity index (χ4n) is 7.29. The fraction of sp³-hybridized carbons (Fsp3) is 0.150. The number of hydrogen-bond donors (Lipinski definition) is 0. The first-order valence-electron chi connectivity index (χ1n) is 15.2. The summed E-state index contributed by atoms with van der Waals surface area (Å²) in [6.07, 6.45) is 16.7. The van der Waals surface area contributed by atoms with Gasteiger partial charge >= 0.3 is 0 Å². The minimum atomic E-state index is -0.151. The maximum absolute atomic E-state index is 5.44. The second-order valence-corrected chi connectivity index (χ2v) is 12.0. The van der Waals surface area contributed by atoms with Crippen LogP contribution in [0.3, 0.4) is 0 Å². The van der Waals surface area contributed by atoms with Crippen molar-refractivity contribution in [3.63, 3.8) is 0 Å². The molecule has 0 spiro atoms. The van der Waals surface area contributed by atoms with Crippen molar-refractivity contribution < 1.29 is 9.47 Å². The lowest BCUT2D eigenvalue weighted by atomic mass is 9.72. The molecule has 2 aliphatic carbocycles. The molecule has 0 aromatic heterocycles. The van der Waals surface area contributed by atoms with Gasteiger partial charge in [-0.2, -0.15) is 0 Å². The van der Waals surface area contributed by atoms with Gasteiger partial charge in [-0.15, -0.1) is 0 Å². The summed E-state index contributed by atoms with van der Waals surface area (Å²) in [4.78, 5) is 4.83. The maximum Gasteiger partial charge on any atom is 0.119 e. The Balaban J connectivity index is 1.21. The van der Waals surface area contributed by atoms with Crippen LogP contribution in [0.1, 0.15) is 30.0 Å². The Kier molecular flexibility index (Phi) is 6.12. The zero-order chi connectivity index (χ0) is 29.8. The van der Waals surface area contributed by atoms with E-state index >= 15 is 0 Å². The largest absolute Gasteiger partial charge is 0.497 e. The van der Waals surface area contributed by atoms with Crippen LogP contribution < -0.4 is 19.3 Å². The highest BCUT2D eigenvalue weighted by atomic mass is 16.5. The van der Waals surface area contributed by atoms with E-state index in [9.17, 15) is 0 Å². The molecule has 2 heterocycles. The van der Waals surface area contributed by atoms with Gasteiger partial charge in [0.1, 0.15) is 11.5 Å². The molecule has 4 heteroatoms. The van der Waals surface area contributed by atoms with Gasteiger partial charge in [0.2, 0.25) is 0 Å². The number of fused-ring (bicyclic) bond motifs is 6. The van der Waals surface area contributed by atoms with E-state index in [0.29, 0.717) is 0 Å². The molecule has 0 saturated heterocycles. The summed E-state index contributed by atoms with van der Waals surface area (Å²) in [6, 6.07) is 32.7. The molecule has 0 saturated carbocycles. The van der Waals surface area contributed by atoms with Crippen LogP contribution in [0.25, 0.3) is 11.1 Å². The minimum absolute atomic E-state index is 0.143. The summed E-state index contributed by atoms with van der Waals surface area (Å²) in [6.45, 7) is 2.39. The van der Waals surface area contributed by atoms with Crippen molar-refractivity contribution in [3.05, 3.63) is 156 Å². The van der Waals surface area contributed by atoms with Gasteiger partial charge in [0.15, 0.2) is 0 Å². The number of para-hydroxylation sites is 1. The van der Waals surface area contributed by atoms with E-state index in [1.807, 2.05) is 24.3 Å². The van der Waals surface area contributed by atoms with Gasteiger partial charge in [0.25, 0.3) is 0 Å². The molecule has 44 heavy (non-hydrogen) atoms. The zero-order valence-electron chi connectivity index (χ0n) is 25.2. The number of hydrogen-bond acceptors (Lipinski definition) is 4. The highest BCUT2D eigenvalue weighted by molar-refractivity contribution is 5.92. The number of allylic oxidation sites excluding steroid dienone is 8. The monoisotopic (exact) mass is 574 g/mol. The third-order valence-corrected chi connectivity index (χ3v) is 9.49. The molecule has 0 fully saturated rings. The molecule has 2 aliphatic heterocycles. The first-order valence-corrected chi connectivity index (χ1v) is 15.2. The van der Waals surface area contributed by atoms with Crippen molar-refractivity contribution in [2.75, 3.05) is 24.0 Å². The summed E-state index contributed by atoms with van der Waals surface area (Å²) in [5, 5.41) is 0. The average molecular weight is 575 g/mol. The van der Waals surface area contributed by atoms with Crippen molar-refractivity contribution in [1.82, 2.24) is 0 Å². The number of anilines is 4. The highest BCUT2D eigenvalue weighted by Gasteiger charge is 2.45. The van der Waals surface area contributed by atoms with E-state index in [4.69, 9.17) is 9.47 Å². The smallest absolute Gasteiger partial charge is 0.119 e. The molecule has 4 aromatic rings. The minimum Gasteiger partial charge on any atom is -0.497 e. The predicted molar refractivity (Wildman–Crippen MR) is 181 cm³/mol. The third-order valence-electron chi connectivity index (χ3n) is 9.49. The Labute approximate surface area is 259 Å². The van der Waals surface area contributed by atoms with Crippen LogP contribution in [0.4, 0.5) is 22.7 Å². The molecule has 8 rings (SSSR count).